The minimum atomic E-state index is 0.426. The van der Waals surface area contributed by atoms with Crippen molar-refractivity contribution in [1.82, 2.24) is 14.9 Å². The highest BCUT2D eigenvalue weighted by Crippen LogP contribution is 2.16. The number of aromatic nitrogens is 2. The van der Waals surface area contributed by atoms with Gasteiger partial charge < -0.3 is 9.64 Å². The zero-order chi connectivity index (χ0) is 12.3. The number of rotatable bonds is 3. The first-order chi connectivity index (χ1) is 8.20. The van der Waals surface area contributed by atoms with E-state index in [9.17, 15) is 0 Å². The molecule has 0 aliphatic carbocycles. The quantitative estimate of drug-likeness (QED) is 0.783. The third kappa shape index (κ3) is 2.85. The zero-order valence-corrected chi connectivity index (χ0v) is 10.8. The van der Waals surface area contributed by atoms with Gasteiger partial charge in [0.15, 0.2) is 0 Å². The first-order valence-corrected chi connectivity index (χ1v) is 6.05. The molecule has 1 aromatic heterocycles. The zero-order valence-electron chi connectivity index (χ0n) is 10.8. The summed E-state index contributed by atoms with van der Waals surface area (Å²) in [4.78, 5) is 13.1. The van der Waals surface area contributed by atoms with Gasteiger partial charge >= 0.3 is 6.01 Å². The number of ether oxygens (including phenoxy) is 1. The standard InChI is InChI=1S/C12H20N4O/c1-10(2)15-4-6-16(7-5-15)11-8-13-12(17-3)14-9-11/h8-10H,4-7H2,1-3H3. The van der Waals surface area contributed by atoms with E-state index in [0.29, 0.717) is 12.1 Å². The molecule has 94 valence electrons. The second-order valence-electron chi connectivity index (χ2n) is 4.54. The molecule has 0 aromatic carbocycles. The summed E-state index contributed by atoms with van der Waals surface area (Å²) in [5.41, 5.74) is 1.08. The summed E-state index contributed by atoms with van der Waals surface area (Å²) in [6.45, 7) is 8.76. The minimum absolute atomic E-state index is 0.426. The molecule has 0 N–H and O–H groups in total. The molecule has 2 heterocycles. The van der Waals surface area contributed by atoms with Crippen molar-refractivity contribution in [3.63, 3.8) is 0 Å². The molecular weight excluding hydrogens is 216 g/mol. The Morgan fingerprint density at radius 3 is 2.18 bits per heavy atom. The van der Waals surface area contributed by atoms with Crippen LogP contribution in [0.4, 0.5) is 5.69 Å². The van der Waals surface area contributed by atoms with E-state index in [2.05, 4.69) is 33.6 Å². The van der Waals surface area contributed by atoms with Gasteiger partial charge in [0, 0.05) is 32.2 Å². The predicted molar refractivity (Wildman–Crippen MR) is 67.5 cm³/mol. The smallest absolute Gasteiger partial charge is 0.316 e. The summed E-state index contributed by atoms with van der Waals surface area (Å²) in [7, 11) is 1.58. The molecule has 2 rings (SSSR count). The SMILES string of the molecule is COc1ncc(N2CCN(C(C)C)CC2)cn1. The average molecular weight is 236 g/mol. The largest absolute Gasteiger partial charge is 0.467 e. The van der Waals surface area contributed by atoms with Crippen LogP contribution in [-0.2, 0) is 0 Å². The van der Waals surface area contributed by atoms with E-state index in [1.807, 2.05) is 12.4 Å². The Hall–Kier alpha value is -1.36. The molecule has 0 saturated carbocycles. The minimum Gasteiger partial charge on any atom is -0.467 e. The van der Waals surface area contributed by atoms with Gasteiger partial charge in [0.25, 0.3) is 0 Å². The van der Waals surface area contributed by atoms with Crippen molar-refractivity contribution in [2.24, 2.45) is 0 Å². The average Bonchev–Trinajstić information content (AvgIpc) is 2.39. The van der Waals surface area contributed by atoms with Crippen LogP contribution in [0, 0.1) is 0 Å². The van der Waals surface area contributed by atoms with Gasteiger partial charge in [-0.3, -0.25) is 4.90 Å². The van der Waals surface area contributed by atoms with Gasteiger partial charge in [-0.25, -0.2) is 9.97 Å². The van der Waals surface area contributed by atoms with E-state index >= 15 is 0 Å². The van der Waals surface area contributed by atoms with Crippen LogP contribution in [0.5, 0.6) is 6.01 Å². The number of piperazine rings is 1. The molecule has 0 amide bonds. The van der Waals surface area contributed by atoms with E-state index < -0.39 is 0 Å². The first kappa shape index (κ1) is 12.1. The van der Waals surface area contributed by atoms with Crippen LogP contribution < -0.4 is 9.64 Å². The molecule has 0 bridgehead atoms. The normalized spacial score (nSPS) is 17.5. The van der Waals surface area contributed by atoms with Gasteiger partial charge in [0.2, 0.25) is 0 Å². The van der Waals surface area contributed by atoms with E-state index in [-0.39, 0.29) is 0 Å². The molecule has 5 nitrogen and oxygen atoms in total. The van der Waals surface area contributed by atoms with Crippen LogP contribution in [-0.4, -0.2) is 54.2 Å². The highest BCUT2D eigenvalue weighted by molar-refractivity contribution is 5.42. The van der Waals surface area contributed by atoms with Gasteiger partial charge in [-0.1, -0.05) is 0 Å². The number of hydrogen-bond donors (Lipinski definition) is 0. The van der Waals surface area contributed by atoms with Crippen LogP contribution >= 0.6 is 0 Å². The monoisotopic (exact) mass is 236 g/mol. The van der Waals surface area contributed by atoms with Gasteiger partial charge in [-0.05, 0) is 13.8 Å². The number of methoxy groups -OCH3 is 1. The molecule has 0 spiro atoms. The Kier molecular flexibility index (Phi) is 3.78. The summed E-state index contributed by atoms with van der Waals surface area (Å²) in [6, 6.07) is 1.05. The third-order valence-corrected chi connectivity index (χ3v) is 3.21. The van der Waals surface area contributed by atoms with Crippen LogP contribution in [0.3, 0.4) is 0 Å². The third-order valence-electron chi connectivity index (χ3n) is 3.21. The van der Waals surface area contributed by atoms with Crippen molar-refractivity contribution < 1.29 is 4.74 Å². The predicted octanol–water partition coefficient (Wildman–Crippen LogP) is 1.02. The second-order valence-corrected chi connectivity index (χ2v) is 4.54. The fourth-order valence-electron chi connectivity index (χ4n) is 2.07. The number of hydrogen-bond acceptors (Lipinski definition) is 5. The van der Waals surface area contributed by atoms with Crippen LogP contribution in [0.25, 0.3) is 0 Å². The van der Waals surface area contributed by atoms with Crippen molar-refractivity contribution in [3.8, 4) is 6.01 Å². The van der Waals surface area contributed by atoms with Crippen LogP contribution in [0.1, 0.15) is 13.8 Å². The van der Waals surface area contributed by atoms with Crippen molar-refractivity contribution in [3.05, 3.63) is 12.4 Å². The molecular formula is C12H20N4O. The fraction of sp³-hybridized carbons (Fsp3) is 0.667. The van der Waals surface area contributed by atoms with Crippen LogP contribution in [0.2, 0.25) is 0 Å². The lowest BCUT2D eigenvalue weighted by atomic mass is 10.2. The summed E-state index contributed by atoms with van der Waals surface area (Å²) in [5.74, 6) is 0. The summed E-state index contributed by atoms with van der Waals surface area (Å²) < 4.78 is 4.96. The molecule has 1 aliphatic heterocycles. The van der Waals surface area contributed by atoms with Crippen LogP contribution in [0.15, 0.2) is 12.4 Å². The maximum atomic E-state index is 4.96. The molecule has 5 heteroatoms. The maximum Gasteiger partial charge on any atom is 0.316 e. The molecule has 17 heavy (non-hydrogen) atoms. The number of nitrogens with zero attached hydrogens (tertiary/aromatic N) is 4. The van der Waals surface area contributed by atoms with Crippen molar-refractivity contribution >= 4 is 5.69 Å². The maximum absolute atomic E-state index is 4.96. The van der Waals surface area contributed by atoms with E-state index in [0.717, 1.165) is 31.9 Å². The molecule has 1 aromatic rings. The lowest BCUT2D eigenvalue weighted by Gasteiger charge is -2.37. The second kappa shape index (κ2) is 5.31. The van der Waals surface area contributed by atoms with Gasteiger partial charge in [-0.2, -0.15) is 0 Å². The highest BCUT2D eigenvalue weighted by Gasteiger charge is 2.19. The lowest BCUT2D eigenvalue weighted by Crippen LogP contribution is -2.48. The number of anilines is 1. The Bertz CT molecular complexity index is 344. The van der Waals surface area contributed by atoms with Gasteiger partial charge in [0.05, 0.1) is 25.2 Å². The van der Waals surface area contributed by atoms with Gasteiger partial charge in [0.1, 0.15) is 0 Å². The van der Waals surface area contributed by atoms with Gasteiger partial charge in [-0.15, -0.1) is 0 Å². The Morgan fingerprint density at radius 2 is 1.71 bits per heavy atom. The Labute approximate surface area is 102 Å². The highest BCUT2D eigenvalue weighted by atomic mass is 16.5. The summed E-state index contributed by atoms with van der Waals surface area (Å²) >= 11 is 0. The lowest BCUT2D eigenvalue weighted by molar-refractivity contribution is 0.209. The first-order valence-electron chi connectivity index (χ1n) is 6.05. The van der Waals surface area contributed by atoms with E-state index in [1.165, 1.54) is 0 Å². The molecule has 0 atom stereocenters. The van der Waals surface area contributed by atoms with Crippen molar-refractivity contribution in [1.29, 1.82) is 0 Å². The topological polar surface area (TPSA) is 41.5 Å². The molecule has 0 radical (unpaired) electrons. The molecule has 0 unspecified atom stereocenters. The summed E-state index contributed by atoms with van der Waals surface area (Å²) in [6.07, 6.45) is 3.66. The van der Waals surface area contributed by atoms with Crippen molar-refractivity contribution in [2.75, 3.05) is 38.2 Å². The van der Waals surface area contributed by atoms with E-state index in [4.69, 9.17) is 4.74 Å². The fourth-order valence-corrected chi connectivity index (χ4v) is 2.07. The summed E-state index contributed by atoms with van der Waals surface area (Å²) in [5, 5.41) is 0. The van der Waals surface area contributed by atoms with Crippen molar-refractivity contribution in [2.45, 2.75) is 19.9 Å². The molecule has 1 saturated heterocycles. The molecule has 1 fully saturated rings. The molecule has 1 aliphatic rings. The Morgan fingerprint density at radius 1 is 1.12 bits per heavy atom. The van der Waals surface area contributed by atoms with E-state index in [1.54, 1.807) is 7.11 Å². The Balaban J connectivity index is 1.95.